The Hall–Kier alpha value is -3.77. The van der Waals surface area contributed by atoms with Crippen LogP contribution < -0.4 is 10.2 Å². The Bertz CT molecular complexity index is 1390. The van der Waals surface area contributed by atoms with E-state index in [4.69, 9.17) is 20.8 Å². The van der Waals surface area contributed by atoms with Crippen LogP contribution in [0.15, 0.2) is 70.1 Å². The van der Waals surface area contributed by atoms with E-state index in [9.17, 15) is 19.8 Å². The molecule has 6 nitrogen and oxygen atoms in total. The van der Waals surface area contributed by atoms with Crippen molar-refractivity contribution in [2.75, 3.05) is 0 Å². The summed E-state index contributed by atoms with van der Waals surface area (Å²) < 4.78 is 11.2. The molecule has 1 atom stereocenters. The van der Waals surface area contributed by atoms with Gasteiger partial charge in [-0.3, -0.25) is 9.59 Å². The molecule has 1 aromatic heterocycles. The first-order valence-corrected chi connectivity index (χ1v) is 9.87. The van der Waals surface area contributed by atoms with Crippen LogP contribution in [0.1, 0.15) is 23.5 Å². The molecule has 0 unspecified atom stereocenters. The summed E-state index contributed by atoms with van der Waals surface area (Å²) in [6.45, 7) is 0. The van der Waals surface area contributed by atoms with Crippen LogP contribution in [0.25, 0.3) is 22.1 Å². The Kier molecular flexibility index (Phi) is 4.45. The monoisotopic (exact) mass is 434 g/mol. The number of phenols is 2. The highest BCUT2D eigenvalue weighted by atomic mass is 35.5. The molecule has 1 aliphatic rings. The third kappa shape index (κ3) is 3.21. The SMILES string of the molecule is O=C1C[C@@H](c2ccc(O)cc2)c2c(cc(O)c3c(=O)c(-c4ccc(Cl)cc4)coc23)O1. The van der Waals surface area contributed by atoms with Gasteiger partial charge in [0.1, 0.15) is 34.5 Å². The molecule has 5 rings (SSSR count). The van der Waals surface area contributed by atoms with Crippen molar-refractivity contribution in [3.8, 4) is 28.4 Å². The van der Waals surface area contributed by atoms with Crippen molar-refractivity contribution in [1.82, 2.24) is 0 Å². The van der Waals surface area contributed by atoms with E-state index in [2.05, 4.69) is 0 Å². The van der Waals surface area contributed by atoms with Crippen molar-refractivity contribution < 1.29 is 24.2 Å². The highest BCUT2D eigenvalue weighted by Crippen LogP contribution is 2.45. The molecule has 31 heavy (non-hydrogen) atoms. The first kappa shape index (κ1) is 19.2. The summed E-state index contributed by atoms with van der Waals surface area (Å²) in [6, 6.07) is 14.4. The second-order valence-electron chi connectivity index (χ2n) is 7.32. The van der Waals surface area contributed by atoms with E-state index in [0.717, 1.165) is 5.56 Å². The fourth-order valence-electron chi connectivity index (χ4n) is 3.95. The lowest BCUT2D eigenvalue weighted by molar-refractivity contribution is -0.135. The zero-order chi connectivity index (χ0) is 21.7. The van der Waals surface area contributed by atoms with Crippen molar-refractivity contribution in [3.05, 3.63) is 87.2 Å². The summed E-state index contributed by atoms with van der Waals surface area (Å²) in [4.78, 5) is 25.5. The number of carbonyl (C=O) groups is 1. The van der Waals surface area contributed by atoms with Gasteiger partial charge in [-0.05, 0) is 35.4 Å². The number of esters is 1. The molecular weight excluding hydrogens is 420 g/mol. The number of fused-ring (bicyclic) bond motifs is 3. The molecule has 4 aromatic rings. The number of phenolic OH excluding ortho intramolecular Hbond substituents is 2. The maximum atomic E-state index is 13.3. The number of benzene rings is 3. The standard InChI is InChI=1S/C24H15ClO6/c25-14-5-1-13(2-6-14)17-11-30-24-21-16(12-3-7-15(26)8-4-12)9-20(28)31-19(21)10-18(27)22(24)23(17)29/h1-8,10-11,16,26-27H,9H2/t16-/m0/s1. The first-order chi connectivity index (χ1) is 14.9. The number of halogens is 1. The molecule has 2 heterocycles. The zero-order valence-corrected chi connectivity index (χ0v) is 16.7. The summed E-state index contributed by atoms with van der Waals surface area (Å²) in [5.41, 5.74) is 1.85. The maximum Gasteiger partial charge on any atom is 0.312 e. The van der Waals surface area contributed by atoms with Gasteiger partial charge in [0.2, 0.25) is 5.43 Å². The highest BCUT2D eigenvalue weighted by Gasteiger charge is 2.33. The minimum Gasteiger partial charge on any atom is -0.508 e. The lowest BCUT2D eigenvalue weighted by atomic mass is 9.85. The van der Waals surface area contributed by atoms with E-state index >= 15 is 0 Å². The quantitative estimate of drug-likeness (QED) is 0.341. The van der Waals surface area contributed by atoms with Crippen molar-refractivity contribution >= 4 is 28.5 Å². The molecule has 0 saturated carbocycles. The summed E-state index contributed by atoms with van der Waals surface area (Å²) in [6.07, 6.45) is 1.36. The smallest absolute Gasteiger partial charge is 0.312 e. The largest absolute Gasteiger partial charge is 0.508 e. The molecule has 0 spiro atoms. The lowest BCUT2D eigenvalue weighted by Gasteiger charge is -2.26. The van der Waals surface area contributed by atoms with Gasteiger partial charge in [-0.25, -0.2) is 0 Å². The number of ether oxygens (including phenoxy) is 1. The van der Waals surface area contributed by atoms with E-state index in [1.54, 1.807) is 36.4 Å². The highest BCUT2D eigenvalue weighted by molar-refractivity contribution is 6.30. The van der Waals surface area contributed by atoms with Gasteiger partial charge in [-0.1, -0.05) is 35.9 Å². The number of hydrogen-bond donors (Lipinski definition) is 2. The van der Waals surface area contributed by atoms with E-state index in [0.29, 0.717) is 16.1 Å². The molecule has 0 saturated heterocycles. The Morgan fingerprint density at radius 3 is 2.39 bits per heavy atom. The Morgan fingerprint density at radius 2 is 1.68 bits per heavy atom. The minimum atomic E-state index is -0.468. The molecule has 7 heteroatoms. The Labute approximate surface area is 180 Å². The fraction of sp³-hybridized carbons (Fsp3) is 0.0833. The Morgan fingerprint density at radius 1 is 0.968 bits per heavy atom. The third-order valence-corrected chi connectivity index (χ3v) is 5.67. The lowest BCUT2D eigenvalue weighted by Crippen LogP contribution is -2.22. The minimum absolute atomic E-state index is 0.00734. The molecule has 0 amide bonds. The van der Waals surface area contributed by atoms with Crippen LogP contribution in [-0.2, 0) is 4.79 Å². The van der Waals surface area contributed by atoms with E-state index < -0.39 is 17.3 Å². The van der Waals surface area contributed by atoms with Crippen LogP contribution in [0.4, 0.5) is 0 Å². The van der Waals surface area contributed by atoms with E-state index in [1.165, 1.54) is 24.5 Å². The van der Waals surface area contributed by atoms with Crippen LogP contribution in [0.3, 0.4) is 0 Å². The molecule has 0 bridgehead atoms. The molecule has 1 aliphatic heterocycles. The van der Waals surface area contributed by atoms with Gasteiger partial charge < -0.3 is 19.4 Å². The van der Waals surface area contributed by atoms with Gasteiger partial charge in [-0.2, -0.15) is 0 Å². The predicted molar refractivity (Wildman–Crippen MR) is 115 cm³/mol. The second-order valence-corrected chi connectivity index (χ2v) is 7.76. The second kappa shape index (κ2) is 7.18. The van der Waals surface area contributed by atoms with Gasteiger partial charge in [0.05, 0.1) is 12.0 Å². The van der Waals surface area contributed by atoms with Crippen LogP contribution in [0, 0.1) is 0 Å². The van der Waals surface area contributed by atoms with Gasteiger partial charge in [0.25, 0.3) is 0 Å². The van der Waals surface area contributed by atoms with E-state index in [-0.39, 0.29) is 40.2 Å². The number of rotatable bonds is 2. The van der Waals surface area contributed by atoms with Crippen molar-refractivity contribution in [2.24, 2.45) is 0 Å². The number of aromatic hydroxyl groups is 2. The molecule has 2 N–H and O–H groups in total. The molecular formula is C24H15ClO6. The third-order valence-electron chi connectivity index (χ3n) is 5.42. The molecule has 0 radical (unpaired) electrons. The molecule has 3 aromatic carbocycles. The first-order valence-electron chi connectivity index (χ1n) is 9.49. The van der Waals surface area contributed by atoms with Gasteiger partial charge in [0.15, 0.2) is 0 Å². The molecule has 154 valence electrons. The maximum absolute atomic E-state index is 13.3. The summed E-state index contributed by atoms with van der Waals surface area (Å²) >= 11 is 5.94. The van der Waals surface area contributed by atoms with Gasteiger partial charge in [0, 0.05) is 22.6 Å². The topological polar surface area (TPSA) is 97.0 Å². The number of carbonyl (C=O) groups excluding carboxylic acids is 1. The average molecular weight is 435 g/mol. The zero-order valence-electron chi connectivity index (χ0n) is 16.0. The van der Waals surface area contributed by atoms with Crippen molar-refractivity contribution in [2.45, 2.75) is 12.3 Å². The van der Waals surface area contributed by atoms with E-state index in [1.807, 2.05) is 0 Å². The number of hydrogen-bond acceptors (Lipinski definition) is 6. The summed E-state index contributed by atoms with van der Waals surface area (Å²) in [5.74, 6) is -1.04. The van der Waals surface area contributed by atoms with Crippen LogP contribution >= 0.6 is 11.6 Å². The molecule has 0 fully saturated rings. The molecule has 0 aliphatic carbocycles. The van der Waals surface area contributed by atoms with Gasteiger partial charge in [-0.15, -0.1) is 0 Å². The normalized spacial score (nSPS) is 15.5. The van der Waals surface area contributed by atoms with Gasteiger partial charge >= 0.3 is 5.97 Å². The summed E-state index contributed by atoms with van der Waals surface area (Å²) in [5, 5.41) is 20.7. The van der Waals surface area contributed by atoms with Crippen molar-refractivity contribution in [3.63, 3.8) is 0 Å². The average Bonchev–Trinajstić information content (AvgIpc) is 2.74. The van der Waals surface area contributed by atoms with Crippen LogP contribution in [0.2, 0.25) is 5.02 Å². The van der Waals surface area contributed by atoms with Crippen LogP contribution in [0.5, 0.6) is 17.2 Å². The predicted octanol–water partition coefficient (Wildman–Crippen LogP) is 4.97. The Balaban J connectivity index is 1.77. The van der Waals surface area contributed by atoms with Crippen LogP contribution in [-0.4, -0.2) is 16.2 Å². The van der Waals surface area contributed by atoms with Crippen molar-refractivity contribution in [1.29, 1.82) is 0 Å². The summed E-state index contributed by atoms with van der Waals surface area (Å²) in [7, 11) is 0. The fourth-order valence-corrected chi connectivity index (χ4v) is 4.08.